The number of nitriles is 1. The van der Waals surface area contributed by atoms with Gasteiger partial charge in [-0.25, -0.2) is 4.98 Å². The molecule has 1 aromatic carbocycles. The lowest BCUT2D eigenvalue weighted by Gasteiger charge is -2.23. The van der Waals surface area contributed by atoms with Gasteiger partial charge >= 0.3 is 5.97 Å². The van der Waals surface area contributed by atoms with Crippen molar-refractivity contribution >= 4 is 17.5 Å². The molecule has 2 aromatic heterocycles. The Morgan fingerprint density at radius 1 is 1.28 bits per heavy atom. The molecule has 0 aliphatic heterocycles. The standard InChI is InChI=1S/C22H22N4O3/c1-14(18(22(28)29-3)12-16-7-6-8-17(11-16)13-23)25-21(27)20-15(2)24-19-9-4-5-10-26(19)20/h4-11,14,18H,12H2,1-3H3,(H,25,27). The highest BCUT2D eigenvalue weighted by molar-refractivity contribution is 5.95. The van der Waals surface area contributed by atoms with Crippen LogP contribution in [0.4, 0.5) is 0 Å². The number of amides is 1. The molecule has 1 N–H and O–H groups in total. The van der Waals surface area contributed by atoms with Gasteiger partial charge < -0.3 is 10.1 Å². The van der Waals surface area contributed by atoms with E-state index in [1.807, 2.05) is 24.3 Å². The lowest BCUT2D eigenvalue weighted by Crippen LogP contribution is -2.43. The van der Waals surface area contributed by atoms with E-state index >= 15 is 0 Å². The molecule has 0 saturated heterocycles. The average molecular weight is 390 g/mol. The zero-order valence-corrected chi connectivity index (χ0v) is 16.5. The summed E-state index contributed by atoms with van der Waals surface area (Å²) in [6.45, 7) is 3.55. The van der Waals surface area contributed by atoms with Crippen LogP contribution >= 0.6 is 0 Å². The summed E-state index contributed by atoms with van der Waals surface area (Å²) in [4.78, 5) is 29.8. The number of nitrogens with zero attached hydrogens (tertiary/aromatic N) is 3. The minimum Gasteiger partial charge on any atom is -0.469 e. The van der Waals surface area contributed by atoms with Gasteiger partial charge in [0.15, 0.2) is 0 Å². The van der Waals surface area contributed by atoms with Gasteiger partial charge in [-0.3, -0.25) is 14.0 Å². The van der Waals surface area contributed by atoms with E-state index < -0.39 is 17.9 Å². The van der Waals surface area contributed by atoms with Crippen molar-refractivity contribution in [3.8, 4) is 6.07 Å². The summed E-state index contributed by atoms with van der Waals surface area (Å²) in [5.41, 5.74) is 3.07. The van der Waals surface area contributed by atoms with Crippen LogP contribution in [0.1, 0.15) is 34.2 Å². The molecule has 3 rings (SSSR count). The highest BCUT2D eigenvalue weighted by atomic mass is 16.5. The summed E-state index contributed by atoms with van der Waals surface area (Å²) in [5.74, 6) is -1.33. The van der Waals surface area contributed by atoms with Crippen LogP contribution in [0.15, 0.2) is 48.7 Å². The smallest absolute Gasteiger partial charge is 0.311 e. The second-order valence-electron chi connectivity index (χ2n) is 6.88. The first kappa shape index (κ1) is 20.1. The fraction of sp³-hybridized carbons (Fsp3) is 0.273. The van der Waals surface area contributed by atoms with Crippen molar-refractivity contribution in [3.05, 3.63) is 71.2 Å². The molecule has 0 saturated carbocycles. The number of rotatable bonds is 6. The third-order valence-corrected chi connectivity index (χ3v) is 4.90. The van der Waals surface area contributed by atoms with Crippen molar-refractivity contribution < 1.29 is 14.3 Å². The molecule has 0 fully saturated rings. The number of esters is 1. The Hall–Kier alpha value is -3.66. The number of aryl methyl sites for hydroxylation is 1. The monoisotopic (exact) mass is 390 g/mol. The topological polar surface area (TPSA) is 96.5 Å². The zero-order chi connectivity index (χ0) is 21.0. The van der Waals surface area contributed by atoms with Crippen molar-refractivity contribution in [2.75, 3.05) is 7.11 Å². The SMILES string of the molecule is COC(=O)C(Cc1cccc(C#N)c1)C(C)NC(=O)c1c(C)nc2ccccn12. The molecule has 0 bridgehead atoms. The van der Waals surface area contributed by atoms with E-state index in [4.69, 9.17) is 10.00 Å². The fourth-order valence-corrected chi connectivity index (χ4v) is 3.40. The highest BCUT2D eigenvalue weighted by Gasteiger charge is 2.29. The molecular formula is C22H22N4O3. The van der Waals surface area contributed by atoms with Crippen LogP contribution in [-0.4, -0.2) is 34.4 Å². The Labute approximate surface area is 168 Å². The molecule has 2 atom stereocenters. The van der Waals surface area contributed by atoms with E-state index in [0.717, 1.165) is 5.56 Å². The largest absolute Gasteiger partial charge is 0.469 e. The normalized spacial score (nSPS) is 12.8. The maximum absolute atomic E-state index is 13.0. The first-order chi connectivity index (χ1) is 13.9. The van der Waals surface area contributed by atoms with Gasteiger partial charge in [0.2, 0.25) is 0 Å². The number of nitrogens with one attached hydrogen (secondary N) is 1. The van der Waals surface area contributed by atoms with Crippen molar-refractivity contribution in [3.63, 3.8) is 0 Å². The van der Waals surface area contributed by atoms with Gasteiger partial charge in [-0.15, -0.1) is 0 Å². The molecule has 0 aliphatic rings. The molecule has 29 heavy (non-hydrogen) atoms. The Kier molecular flexibility index (Phi) is 5.93. The van der Waals surface area contributed by atoms with Crippen LogP contribution in [0, 0.1) is 24.2 Å². The second kappa shape index (κ2) is 8.57. The van der Waals surface area contributed by atoms with Gasteiger partial charge in [-0.1, -0.05) is 18.2 Å². The molecule has 2 unspecified atom stereocenters. The summed E-state index contributed by atoms with van der Waals surface area (Å²) in [6, 6.07) is 14.2. The number of fused-ring (bicyclic) bond motifs is 1. The quantitative estimate of drug-likeness (QED) is 0.653. The van der Waals surface area contributed by atoms with Crippen molar-refractivity contribution in [2.24, 2.45) is 5.92 Å². The number of benzene rings is 1. The Morgan fingerprint density at radius 2 is 2.07 bits per heavy atom. The van der Waals surface area contributed by atoms with Crippen molar-refractivity contribution in [1.29, 1.82) is 5.26 Å². The number of pyridine rings is 1. The molecule has 1 amide bonds. The third-order valence-electron chi connectivity index (χ3n) is 4.90. The highest BCUT2D eigenvalue weighted by Crippen LogP contribution is 2.18. The second-order valence-corrected chi connectivity index (χ2v) is 6.88. The first-order valence-electron chi connectivity index (χ1n) is 9.26. The predicted molar refractivity (Wildman–Crippen MR) is 107 cm³/mol. The Balaban J connectivity index is 1.83. The van der Waals surface area contributed by atoms with Crippen molar-refractivity contribution in [1.82, 2.24) is 14.7 Å². The number of methoxy groups -OCH3 is 1. The van der Waals surface area contributed by atoms with Gasteiger partial charge in [0.1, 0.15) is 11.3 Å². The number of imidazole rings is 1. The number of aromatic nitrogens is 2. The summed E-state index contributed by atoms with van der Waals surface area (Å²) in [5, 5.41) is 12.0. The van der Waals surface area contributed by atoms with Gasteiger partial charge in [0.25, 0.3) is 5.91 Å². The first-order valence-corrected chi connectivity index (χ1v) is 9.26. The minimum atomic E-state index is -0.600. The van der Waals surface area contributed by atoms with E-state index in [-0.39, 0.29) is 5.91 Å². The summed E-state index contributed by atoms with van der Waals surface area (Å²) in [6.07, 6.45) is 2.12. The fourth-order valence-electron chi connectivity index (χ4n) is 3.40. The lowest BCUT2D eigenvalue weighted by molar-refractivity contribution is -0.146. The maximum atomic E-state index is 13.0. The van der Waals surface area contributed by atoms with Crippen LogP contribution in [0.5, 0.6) is 0 Å². The van der Waals surface area contributed by atoms with Crippen LogP contribution in [0.2, 0.25) is 0 Å². The predicted octanol–water partition coefficient (Wildman–Crippen LogP) is 2.66. The van der Waals surface area contributed by atoms with E-state index in [2.05, 4.69) is 16.4 Å². The molecule has 148 valence electrons. The van der Waals surface area contributed by atoms with Crippen LogP contribution in [0.25, 0.3) is 5.65 Å². The molecule has 3 aromatic rings. The molecule has 2 heterocycles. The Bertz CT molecular complexity index is 1100. The number of ether oxygens (including phenoxy) is 1. The molecule has 0 spiro atoms. The van der Waals surface area contributed by atoms with Crippen LogP contribution in [-0.2, 0) is 16.0 Å². The zero-order valence-electron chi connectivity index (χ0n) is 16.5. The minimum absolute atomic E-state index is 0.312. The molecule has 0 aliphatic carbocycles. The number of carbonyl (C=O) groups excluding carboxylic acids is 2. The van der Waals surface area contributed by atoms with E-state index in [1.54, 1.807) is 42.6 Å². The van der Waals surface area contributed by atoms with E-state index in [1.165, 1.54) is 7.11 Å². The summed E-state index contributed by atoms with van der Waals surface area (Å²) < 4.78 is 6.68. The van der Waals surface area contributed by atoms with Crippen molar-refractivity contribution in [2.45, 2.75) is 26.3 Å². The summed E-state index contributed by atoms with van der Waals surface area (Å²) >= 11 is 0. The number of hydrogen-bond donors (Lipinski definition) is 1. The van der Waals surface area contributed by atoms with Gasteiger partial charge in [0, 0.05) is 12.2 Å². The van der Waals surface area contributed by atoms with Crippen LogP contribution < -0.4 is 5.32 Å². The molecule has 0 radical (unpaired) electrons. The van der Waals surface area contributed by atoms with E-state index in [9.17, 15) is 9.59 Å². The maximum Gasteiger partial charge on any atom is 0.311 e. The van der Waals surface area contributed by atoms with Gasteiger partial charge in [0.05, 0.1) is 30.4 Å². The average Bonchev–Trinajstić information content (AvgIpc) is 3.07. The number of hydrogen-bond acceptors (Lipinski definition) is 5. The number of carbonyl (C=O) groups is 2. The van der Waals surface area contributed by atoms with Gasteiger partial charge in [-0.2, -0.15) is 5.26 Å². The van der Waals surface area contributed by atoms with E-state index in [0.29, 0.717) is 29.0 Å². The van der Waals surface area contributed by atoms with Crippen LogP contribution in [0.3, 0.4) is 0 Å². The molecule has 7 nitrogen and oxygen atoms in total. The van der Waals surface area contributed by atoms with Gasteiger partial charge in [-0.05, 0) is 50.1 Å². The lowest BCUT2D eigenvalue weighted by atomic mass is 9.92. The third kappa shape index (κ3) is 4.27. The molecule has 7 heteroatoms. The molecular weight excluding hydrogens is 368 g/mol. The Morgan fingerprint density at radius 3 is 2.79 bits per heavy atom. The summed E-state index contributed by atoms with van der Waals surface area (Å²) in [7, 11) is 1.32.